The molecular formula is C13H14FNO. The van der Waals surface area contributed by atoms with Gasteiger partial charge in [0.15, 0.2) is 0 Å². The molecule has 0 amide bonds. The van der Waals surface area contributed by atoms with Crippen LogP contribution in [0.15, 0.2) is 18.2 Å². The van der Waals surface area contributed by atoms with Gasteiger partial charge in [-0.05, 0) is 31.0 Å². The maximum atomic E-state index is 13.8. The van der Waals surface area contributed by atoms with Crippen LogP contribution in [-0.2, 0) is 13.0 Å². The number of aryl methyl sites for hydroxylation is 2. The van der Waals surface area contributed by atoms with Crippen molar-refractivity contribution in [1.29, 1.82) is 0 Å². The third-order valence-electron chi connectivity index (χ3n) is 2.89. The van der Waals surface area contributed by atoms with Crippen molar-refractivity contribution in [3.05, 3.63) is 40.8 Å². The molecule has 0 aliphatic heterocycles. The first-order valence-electron chi connectivity index (χ1n) is 5.36. The van der Waals surface area contributed by atoms with E-state index < -0.39 is 0 Å². The summed E-state index contributed by atoms with van der Waals surface area (Å²) in [6, 6.07) is 4.88. The van der Waals surface area contributed by atoms with E-state index in [4.69, 9.17) is 0 Å². The number of fused-ring (bicyclic) bond motifs is 1. The van der Waals surface area contributed by atoms with Crippen molar-refractivity contribution in [3.8, 4) is 0 Å². The Bertz CT molecular complexity index is 537. The fourth-order valence-electron chi connectivity index (χ4n) is 2.12. The highest BCUT2D eigenvalue weighted by Gasteiger charge is 2.13. The van der Waals surface area contributed by atoms with Crippen molar-refractivity contribution in [1.82, 2.24) is 4.98 Å². The molecule has 2 nitrogen and oxygen atoms in total. The highest BCUT2D eigenvalue weighted by Crippen LogP contribution is 2.26. The molecule has 0 saturated carbocycles. The average molecular weight is 219 g/mol. The summed E-state index contributed by atoms with van der Waals surface area (Å²) < 4.78 is 13.8. The Morgan fingerprint density at radius 3 is 2.69 bits per heavy atom. The lowest BCUT2D eigenvalue weighted by atomic mass is 9.99. The monoisotopic (exact) mass is 219 g/mol. The van der Waals surface area contributed by atoms with E-state index >= 15 is 0 Å². The summed E-state index contributed by atoms with van der Waals surface area (Å²) in [4.78, 5) is 4.32. The molecule has 2 aromatic rings. The maximum absolute atomic E-state index is 13.8. The zero-order valence-corrected chi connectivity index (χ0v) is 9.42. The van der Waals surface area contributed by atoms with Crippen LogP contribution in [0.1, 0.15) is 23.7 Å². The van der Waals surface area contributed by atoms with Crippen LogP contribution in [0, 0.1) is 12.7 Å². The van der Waals surface area contributed by atoms with E-state index in [9.17, 15) is 9.50 Å². The second kappa shape index (κ2) is 4.18. The highest BCUT2D eigenvalue weighted by molar-refractivity contribution is 5.84. The number of aromatic nitrogens is 1. The second-order valence-electron chi connectivity index (χ2n) is 3.80. The van der Waals surface area contributed by atoms with Crippen LogP contribution in [0.3, 0.4) is 0 Å². The minimum atomic E-state index is -0.267. The predicted octanol–water partition coefficient (Wildman–Crippen LogP) is 2.74. The summed E-state index contributed by atoms with van der Waals surface area (Å²) in [5, 5.41) is 9.86. The summed E-state index contributed by atoms with van der Waals surface area (Å²) in [5.41, 5.74) is 3.05. The maximum Gasteiger partial charge on any atom is 0.132 e. The Kier molecular flexibility index (Phi) is 2.88. The van der Waals surface area contributed by atoms with E-state index in [0.29, 0.717) is 17.3 Å². The van der Waals surface area contributed by atoms with Crippen LogP contribution >= 0.6 is 0 Å². The first kappa shape index (κ1) is 11.0. The van der Waals surface area contributed by atoms with Gasteiger partial charge in [-0.2, -0.15) is 0 Å². The molecule has 0 radical (unpaired) electrons. The molecule has 1 aromatic heterocycles. The van der Waals surface area contributed by atoms with Crippen molar-refractivity contribution in [2.45, 2.75) is 26.9 Å². The molecule has 1 aromatic carbocycles. The molecule has 1 heterocycles. The molecule has 0 atom stereocenters. The molecule has 0 spiro atoms. The number of hydrogen-bond donors (Lipinski definition) is 1. The fraction of sp³-hybridized carbons (Fsp3) is 0.308. The Hall–Kier alpha value is -1.48. The number of rotatable bonds is 2. The fourth-order valence-corrected chi connectivity index (χ4v) is 2.12. The zero-order valence-electron chi connectivity index (χ0n) is 9.42. The number of pyridine rings is 1. The number of halogens is 1. The van der Waals surface area contributed by atoms with Gasteiger partial charge < -0.3 is 5.11 Å². The van der Waals surface area contributed by atoms with Gasteiger partial charge in [0.2, 0.25) is 0 Å². The van der Waals surface area contributed by atoms with Gasteiger partial charge in [-0.25, -0.2) is 4.39 Å². The topological polar surface area (TPSA) is 33.1 Å². The molecule has 0 saturated heterocycles. The molecule has 0 unspecified atom stereocenters. The van der Waals surface area contributed by atoms with Gasteiger partial charge in [0, 0.05) is 16.6 Å². The summed E-state index contributed by atoms with van der Waals surface area (Å²) >= 11 is 0. The van der Waals surface area contributed by atoms with Crippen molar-refractivity contribution in [3.63, 3.8) is 0 Å². The Morgan fingerprint density at radius 1 is 1.31 bits per heavy atom. The lowest BCUT2D eigenvalue weighted by molar-refractivity contribution is 0.279. The van der Waals surface area contributed by atoms with E-state index in [2.05, 4.69) is 4.98 Å². The molecule has 0 bridgehead atoms. The minimum absolute atomic E-state index is 0.0910. The molecule has 0 aliphatic rings. The van der Waals surface area contributed by atoms with Crippen molar-refractivity contribution in [2.24, 2.45) is 0 Å². The lowest BCUT2D eigenvalue weighted by Gasteiger charge is -2.12. The van der Waals surface area contributed by atoms with Crippen molar-refractivity contribution >= 4 is 10.9 Å². The van der Waals surface area contributed by atoms with Gasteiger partial charge >= 0.3 is 0 Å². The van der Waals surface area contributed by atoms with Gasteiger partial charge in [-0.3, -0.25) is 4.98 Å². The van der Waals surface area contributed by atoms with Crippen LogP contribution in [-0.4, -0.2) is 10.1 Å². The molecule has 1 N–H and O–H groups in total. The SMILES string of the molecule is CCc1c(CO)c(C)nc2cccc(F)c12. The predicted molar refractivity (Wildman–Crippen MR) is 61.7 cm³/mol. The normalized spacial score (nSPS) is 11.0. The molecule has 2 rings (SSSR count). The molecule has 84 valence electrons. The summed E-state index contributed by atoms with van der Waals surface area (Å²) in [7, 11) is 0. The summed E-state index contributed by atoms with van der Waals surface area (Å²) in [5.74, 6) is -0.267. The van der Waals surface area contributed by atoms with E-state index in [-0.39, 0.29) is 12.4 Å². The van der Waals surface area contributed by atoms with Crippen molar-refractivity contribution in [2.75, 3.05) is 0 Å². The van der Waals surface area contributed by atoms with Gasteiger partial charge in [-0.15, -0.1) is 0 Å². The number of aliphatic hydroxyl groups is 1. The summed E-state index contributed by atoms with van der Waals surface area (Å²) in [6.07, 6.45) is 0.691. The smallest absolute Gasteiger partial charge is 0.132 e. The van der Waals surface area contributed by atoms with E-state index in [1.807, 2.05) is 13.8 Å². The number of hydrogen-bond acceptors (Lipinski definition) is 2. The largest absolute Gasteiger partial charge is 0.392 e. The Balaban J connectivity index is 2.92. The third kappa shape index (κ3) is 1.57. The first-order valence-corrected chi connectivity index (χ1v) is 5.36. The van der Waals surface area contributed by atoms with E-state index in [1.54, 1.807) is 12.1 Å². The van der Waals surface area contributed by atoms with E-state index in [0.717, 1.165) is 16.8 Å². The van der Waals surface area contributed by atoms with Crippen LogP contribution in [0.4, 0.5) is 4.39 Å². The van der Waals surface area contributed by atoms with Gasteiger partial charge in [-0.1, -0.05) is 13.0 Å². The number of nitrogens with zero attached hydrogens (tertiary/aromatic N) is 1. The van der Waals surface area contributed by atoms with Crippen LogP contribution in [0.25, 0.3) is 10.9 Å². The Labute approximate surface area is 93.8 Å². The number of aliphatic hydroxyl groups excluding tert-OH is 1. The average Bonchev–Trinajstić information content (AvgIpc) is 2.27. The Morgan fingerprint density at radius 2 is 2.06 bits per heavy atom. The summed E-state index contributed by atoms with van der Waals surface area (Å²) in [6.45, 7) is 3.71. The van der Waals surface area contributed by atoms with Gasteiger partial charge in [0.1, 0.15) is 5.82 Å². The lowest BCUT2D eigenvalue weighted by Crippen LogP contribution is -2.02. The molecule has 16 heavy (non-hydrogen) atoms. The number of benzene rings is 1. The molecule has 0 aliphatic carbocycles. The molecule has 3 heteroatoms. The first-order chi connectivity index (χ1) is 7.69. The van der Waals surface area contributed by atoms with Gasteiger partial charge in [0.25, 0.3) is 0 Å². The minimum Gasteiger partial charge on any atom is -0.392 e. The molecule has 0 fully saturated rings. The van der Waals surface area contributed by atoms with Gasteiger partial charge in [0.05, 0.1) is 12.1 Å². The zero-order chi connectivity index (χ0) is 11.7. The van der Waals surface area contributed by atoms with Crippen molar-refractivity contribution < 1.29 is 9.50 Å². The van der Waals surface area contributed by atoms with Crippen LogP contribution in [0.2, 0.25) is 0 Å². The molecular weight excluding hydrogens is 205 g/mol. The third-order valence-corrected chi connectivity index (χ3v) is 2.89. The quantitative estimate of drug-likeness (QED) is 0.842. The van der Waals surface area contributed by atoms with Crippen LogP contribution < -0.4 is 0 Å². The standard InChI is InChI=1S/C13H14FNO/c1-3-9-10(7-16)8(2)15-12-6-4-5-11(14)13(9)12/h4-6,16H,3,7H2,1-2H3. The second-order valence-corrected chi connectivity index (χ2v) is 3.80. The van der Waals surface area contributed by atoms with Crippen LogP contribution in [0.5, 0.6) is 0 Å². The van der Waals surface area contributed by atoms with E-state index in [1.165, 1.54) is 6.07 Å². The highest BCUT2D eigenvalue weighted by atomic mass is 19.1.